The number of nitrogens with zero attached hydrogens (tertiary/aromatic N) is 3. The van der Waals surface area contributed by atoms with Crippen LogP contribution in [0.3, 0.4) is 0 Å². The van der Waals surface area contributed by atoms with Gasteiger partial charge in [-0.3, -0.25) is 0 Å². The molecule has 1 N–H and O–H groups in total. The molecule has 0 unspecified atom stereocenters. The molecule has 0 aliphatic heterocycles. The second-order valence-electron chi connectivity index (χ2n) is 6.47. The lowest BCUT2D eigenvalue weighted by Gasteiger charge is -2.27. The second kappa shape index (κ2) is 8.07. The van der Waals surface area contributed by atoms with Gasteiger partial charge in [0.1, 0.15) is 0 Å². The lowest BCUT2D eigenvalue weighted by Crippen LogP contribution is -2.34. The Morgan fingerprint density at radius 2 is 2.12 bits per heavy atom. The van der Waals surface area contributed by atoms with E-state index in [4.69, 9.17) is 9.78 Å². The van der Waals surface area contributed by atoms with Gasteiger partial charge < -0.3 is 9.84 Å². The van der Waals surface area contributed by atoms with E-state index in [9.17, 15) is 0 Å². The average molecular weight is 324 g/mol. The highest BCUT2D eigenvalue weighted by Crippen LogP contribution is 2.31. The quantitative estimate of drug-likeness (QED) is 0.882. The van der Waals surface area contributed by atoms with E-state index in [1.54, 1.807) is 0 Å². The van der Waals surface area contributed by atoms with Crippen LogP contribution in [-0.2, 0) is 12.8 Å². The van der Waals surface area contributed by atoms with Crippen LogP contribution in [0.5, 0.6) is 0 Å². The molecule has 5 nitrogen and oxygen atoms in total. The predicted molar refractivity (Wildman–Crippen MR) is 91.5 cm³/mol. The summed E-state index contributed by atoms with van der Waals surface area (Å²) in [4.78, 5) is 4.47. The number of aryl methyl sites for hydroxylation is 1. The van der Waals surface area contributed by atoms with Gasteiger partial charge >= 0.3 is 0 Å². The molecule has 5 heteroatoms. The summed E-state index contributed by atoms with van der Waals surface area (Å²) >= 11 is 0. The van der Waals surface area contributed by atoms with Crippen LogP contribution in [0.2, 0.25) is 0 Å². The number of hydrogen-bond donors (Lipinski definition) is 1. The van der Waals surface area contributed by atoms with Crippen LogP contribution in [0.4, 0.5) is 0 Å². The van der Waals surface area contributed by atoms with E-state index in [0.29, 0.717) is 12.0 Å². The summed E-state index contributed by atoms with van der Waals surface area (Å²) in [6, 6.07) is 10.6. The first-order chi connectivity index (χ1) is 11.8. The third kappa shape index (κ3) is 4.21. The molecule has 1 aliphatic carbocycles. The Balaban J connectivity index is 1.41. The van der Waals surface area contributed by atoms with Crippen LogP contribution in [0, 0.1) is 11.3 Å². The van der Waals surface area contributed by atoms with Crippen LogP contribution < -0.4 is 5.32 Å². The summed E-state index contributed by atoms with van der Waals surface area (Å²) in [5, 5.41) is 16.6. The molecule has 0 bridgehead atoms. The Labute approximate surface area is 143 Å². The van der Waals surface area contributed by atoms with Crippen molar-refractivity contribution in [2.75, 3.05) is 6.54 Å². The highest BCUT2D eigenvalue weighted by molar-refractivity contribution is 5.32. The lowest BCUT2D eigenvalue weighted by molar-refractivity contribution is 0.282. The van der Waals surface area contributed by atoms with E-state index >= 15 is 0 Å². The highest BCUT2D eigenvalue weighted by Gasteiger charge is 2.25. The predicted octanol–water partition coefficient (Wildman–Crippen LogP) is 3.36. The van der Waals surface area contributed by atoms with E-state index in [1.165, 1.54) is 5.56 Å². The summed E-state index contributed by atoms with van der Waals surface area (Å²) in [5.41, 5.74) is 1.95. The number of nitriles is 1. The van der Waals surface area contributed by atoms with Gasteiger partial charge in [0.05, 0.1) is 11.6 Å². The Morgan fingerprint density at radius 3 is 2.83 bits per heavy atom. The molecule has 0 saturated heterocycles. The van der Waals surface area contributed by atoms with Crippen molar-refractivity contribution < 1.29 is 4.52 Å². The topological polar surface area (TPSA) is 74.7 Å². The fourth-order valence-corrected chi connectivity index (χ4v) is 3.34. The summed E-state index contributed by atoms with van der Waals surface area (Å²) in [6.45, 7) is 2.99. The molecular formula is C19H24N4O. The van der Waals surface area contributed by atoms with Gasteiger partial charge in [0.2, 0.25) is 5.89 Å². The molecule has 24 heavy (non-hydrogen) atoms. The number of benzene rings is 1. The van der Waals surface area contributed by atoms with Gasteiger partial charge in [0.15, 0.2) is 5.82 Å². The molecule has 1 aromatic carbocycles. The molecule has 126 valence electrons. The Bertz CT molecular complexity index is 695. The summed E-state index contributed by atoms with van der Waals surface area (Å²) < 4.78 is 5.38. The molecule has 1 heterocycles. The van der Waals surface area contributed by atoms with Crippen LogP contribution in [0.15, 0.2) is 28.8 Å². The van der Waals surface area contributed by atoms with E-state index < -0.39 is 0 Å². The zero-order chi connectivity index (χ0) is 16.8. The Morgan fingerprint density at radius 1 is 1.29 bits per heavy atom. The third-order valence-corrected chi connectivity index (χ3v) is 4.78. The number of aromatic nitrogens is 2. The van der Waals surface area contributed by atoms with Crippen molar-refractivity contribution >= 4 is 0 Å². The lowest BCUT2D eigenvalue weighted by atomic mass is 9.86. The number of nitrogens with one attached hydrogen (secondary N) is 1. The van der Waals surface area contributed by atoms with Gasteiger partial charge in [-0.2, -0.15) is 10.2 Å². The monoisotopic (exact) mass is 324 g/mol. The first kappa shape index (κ1) is 16.7. The maximum absolute atomic E-state index is 8.94. The first-order valence-corrected chi connectivity index (χ1v) is 8.83. The molecule has 3 rings (SSSR count). The molecule has 1 fully saturated rings. The summed E-state index contributed by atoms with van der Waals surface area (Å²) in [7, 11) is 0. The van der Waals surface area contributed by atoms with Crippen molar-refractivity contribution in [1.29, 1.82) is 5.26 Å². The minimum Gasteiger partial charge on any atom is -0.339 e. The molecule has 1 aliphatic rings. The maximum atomic E-state index is 8.94. The van der Waals surface area contributed by atoms with Gasteiger partial charge in [0.25, 0.3) is 0 Å². The fourth-order valence-electron chi connectivity index (χ4n) is 3.34. The van der Waals surface area contributed by atoms with Gasteiger partial charge in [-0.05, 0) is 56.3 Å². The van der Waals surface area contributed by atoms with E-state index in [2.05, 4.69) is 27.6 Å². The summed E-state index contributed by atoms with van der Waals surface area (Å²) in [6.07, 6.45) is 6.28. The Hall–Kier alpha value is -2.19. The van der Waals surface area contributed by atoms with Crippen molar-refractivity contribution in [3.8, 4) is 6.07 Å². The molecular weight excluding hydrogens is 300 g/mol. The molecule has 1 saturated carbocycles. The SMILES string of the molecule is CCc1noc(C2CCC(NCCc3cccc(C#N)c3)CC2)n1. The number of hydrogen-bond acceptors (Lipinski definition) is 5. The van der Waals surface area contributed by atoms with Crippen LogP contribution >= 0.6 is 0 Å². The maximum Gasteiger partial charge on any atom is 0.229 e. The van der Waals surface area contributed by atoms with Gasteiger partial charge in [-0.1, -0.05) is 24.2 Å². The number of rotatable bonds is 6. The molecule has 2 aromatic rings. The van der Waals surface area contributed by atoms with Crippen molar-refractivity contribution in [2.24, 2.45) is 0 Å². The van der Waals surface area contributed by atoms with Gasteiger partial charge in [-0.15, -0.1) is 0 Å². The summed E-state index contributed by atoms with van der Waals surface area (Å²) in [5.74, 6) is 2.05. The fraction of sp³-hybridized carbons (Fsp3) is 0.526. The normalized spacial score (nSPS) is 20.7. The molecule has 0 radical (unpaired) electrons. The minimum absolute atomic E-state index is 0.420. The molecule has 1 aromatic heterocycles. The highest BCUT2D eigenvalue weighted by atomic mass is 16.5. The minimum atomic E-state index is 0.420. The van der Waals surface area contributed by atoms with Crippen molar-refractivity contribution in [3.63, 3.8) is 0 Å². The zero-order valence-corrected chi connectivity index (χ0v) is 14.2. The zero-order valence-electron chi connectivity index (χ0n) is 14.2. The second-order valence-corrected chi connectivity index (χ2v) is 6.47. The van der Waals surface area contributed by atoms with Crippen molar-refractivity contribution in [2.45, 2.75) is 57.4 Å². The van der Waals surface area contributed by atoms with Crippen LogP contribution in [0.25, 0.3) is 0 Å². The third-order valence-electron chi connectivity index (χ3n) is 4.78. The average Bonchev–Trinajstić information content (AvgIpc) is 3.12. The van der Waals surface area contributed by atoms with Crippen LogP contribution in [-0.4, -0.2) is 22.7 Å². The smallest absolute Gasteiger partial charge is 0.229 e. The van der Waals surface area contributed by atoms with Crippen LogP contribution in [0.1, 0.15) is 61.4 Å². The van der Waals surface area contributed by atoms with Crippen molar-refractivity contribution in [1.82, 2.24) is 15.5 Å². The van der Waals surface area contributed by atoms with E-state index in [0.717, 1.165) is 62.3 Å². The van der Waals surface area contributed by atoms with Gasteiger partial charge in [-0.25, -0.2) is 0 Å². The first-order valence-electron chi connectivity index (χ1n) is 8.83. The molecule has 0 spiro atoms. The standard InChI is InChI=1S/C19H24N4O/c1-2-18-22-19(24-23-18)16-6-8-17(9-7-16)21-11-10-14-4-3-5-15(12-14)13-20/h3-5,12,16-17,21H,2,6-11H2,1H3. The molecule has 0 atom stereocenters. The largest absolute Gasteiger partial charge is 0.339 e. The van der Waals surface area contributed by atoms with Crippen molar-refractivity contribution in [3.05, 3.63) is 47.1 Å². The van der Waals surface area contributed by atoms with E-state index in [-0.39, 0.29) is 0 Å². The van der Waals surface area contributed by atoms with Gasteiger partial charge in [0, 0.05) is 18.4 Å². The van der Waals surface area contributed by atoms with E-state index in [1.807, 2.05) is 25.1 Å². The molecule has 0 amide bonds. The Kier molecular flexibility index (Phi) is 5.60.